The fourth-order valence-corrected chi connectivity index (χ4v) is 2.74. The van der Waals surface area contributed by atoms with Gasteiger partial charge in [-0.05, 0) is 42.2 Å². The number of benzene rings is 1. The van der Waals surface area contributed by atoms with Crippen molar-refractivity contribution in [2.45, 2.75) is 12.8 Å². The van der Waals surface area contributed by atoms with Gasteiger partial charge in [0.05, 0.1) is 12.8 Å². The van der Waals surface area contributed by atoms with Crippen LogP contribution in [-0.4, -0.2) is 16.6 Å². The second-order valence-corrected chi connectivity index (χ2v) is 5.03. The number of nitrogens with zero attached hydrogens (tertiary/aromatic N) is 1. The van der Waals surface area contributed by atoms with E-state index in [1.807, 2.05) is 18.3 Å². The van der Waals surface area contributed by atoms with E-state index in [1.165, 1.54) is 17.8 Å². The number of fused-ring (bicyclic) bond motifs is 2. The van der Waals surface area contributed by atoms with Crippen LogP contribution in [0.15, 0.2) is 36.7 Å². The molecule has 1 N–H and O–H groups in total. The Morgan fingerprint density at radius 3 is 3.15 bits per heavy atom. The summed E-state index contributed by atoms with van der Waals surface area (Å²) in [6.07, 6.45) is 5.17. The molecule has 0 saturated heterocycles. The maximum Gasteiger partial charge on any atom is 0.142 e. The first-order chi connectivity index (χ1) is 9.81. The normalized spacial score (nSPS) is 14.1. The number of hydrogen-bond donors (Lipinski definition) is 1. The summed E-state index contributed by atoms with van der Waals surface area (Å²) in [6.45, 7) is 0.786. The number of H-pyrrole nitrogens is 1. The van der Waals surface area contributed by atoms with Gasteiger partial charge in [0.25, 0.3) is 0 Å². The maximum absolute atomic E-state index is 13.4. The van der Waals surface area contributed by atoms with E-state index in [4.69, 9.17) is 4.74 Å². The number of halogens is 1. The number of aromatic amines is 1. The van der Waals surface area contributed by atoms with Crippen molar-refractivity contribution < 1.29 is 9.13 Å². The lowest BCUT2D eigenvalue weighted by molar-refractivity contribution is 0.288. The molecule has 1 aliphatic heterocycles. The van der Waals surface area contributed by atoms with E-state index in [1.54, 1.807) is 0 Å². The van der Waals surface area contributed by atoms with Crippen LogP contribution in [-0.2, 0) is 6.42 Å². The highest BCUT2D eigenvalue weighted by molar-refractivity contribution is 5.93. The van der Waals surface area contributed by atoms with E-state index in [0.29, 0.717) is 5.65 Å². The molecule has 2 aromatic heterocycles. The van der Waals surface area contributed by atoms with E-state index in [2.05, 4.69) is 16.0 Å². The van der Waals surface area contributed by atoms with Gasteiger partial charge in [-0.25, -0.2) is 9.37 Å². The van der Waals surface area contributed by atoms with Crippen LogP contribution in [0.3, 0.4) is 0 Å². The van der Waals surface area contributed by atoms with Crippen LogP contribution >= 0.6 is 0 Å². The van der Waals surface area contributed by atoms with E-state index in [9.17, 15) is 4.39 Å². The third-order valence-electron chi connectivity index (χ3n) is 3.72. The number of nitrogens with one attached hydrogen (secondary N) is 1. The first-order valence-electron chi connectivity index (χ1n) is 6.70. The van der Waals surface area contributed by atoms with Crippen molar-refractivity contribution in [1.29, 1.82) is 0 Å². The highest BCUT2D eigenvalue weighted by Gasteiger charge is 2.13. The van der Waals surface area contributed by atoms with E-state index in [-0.39, 0.29) is 5.82 Å². The predicted molar refractivity (Wildman–Crippen MR) is 75.3 cm³/mol. The third-order valence-corrected chi connectivity index (χ3v) is 3.72. The minimum atomic E-state index is -0.320. The molecule has 0 fully saturated rings. The molecule has 0 atom stereocenters. The van der Waals surface area contributed by atoms with Crippen LogP contribution in [0.2, 0.25) is 0 Å². The lowest BCUT2D eigenvalue weighted by Gasteiger charge is -2.17. The average Bonchev–Trinajstić information content (AvgIpc) is 2.89. The summed E-state index contributed by atoms with van der Waals surface area (Å²) in [5.74, 6) is 0.642. The molecule has 0 unspecified atom stereocenters. The van der Waals surface area contributed by atoms with Gasteiger partial charge in [0, 0.05) is 17.1 Å². The Kier molecular flexibility index (Phi) is 2.49. The summed E-state index contributed by atoms with van der Waals surface area (Å²) in [5.41, 5.74) is 3.95. The van der Waals surface area contributed by atoms with Crippen molar-refractivity contribution >= 4 is 11.0 Å². The molecule has 0 spiro atoms. The largest absolute Gasteiger partial charge is 0.493 e. The molecule has 1 aliphatic rings. The molecular weight excluding hydrogens is 255 g/mol. The Morgan fingerprint density at radius 1 is 1.25 bits per heavy atom. The van der Waals surface area contributed by atoms with E-state index in [0.717, 1.165) is 41.7 Å². The molecule has 20 heavy (non-hydrogen) atoms. The molecule has 0 bridgehead atoms. The van der Waals surface area contributed by atoms with Crippen LogP contribution in [0.4, 0.5) is 4.39 Å². The smallest absolute Gasteiger partial charge is 0.142 e. The molecule has 4 rings (SSSR count). The monoisotopic (exact) mass is 268 g/mol. The molecule has 4 heteroatoms. The van der Waals surface area contributed by atoms with Crippen molar-refractivity contribution in [3.63, 3.8) is 0 Å². The summed E-state index contributed by atoms with van der Waals surface area (Å²) in [5, 5.41) is 0.807. The van der Waals surface area contributed by atoms with E-state index >= 15 is 0 Å². The zero-order valence-electron chi connectivity index (χ0n) is 10.8. The summed E-state index contributed by atoms with van der Waals surface area (Å²) in [6, 6.07) is 7.65. The van der Waals surface area contributed by atoms with Crippen LogP contribution in [0.25, 0.3) is 22.2 Å². The SMILES string of the molecule is Fc1cnc2[nH]cc(-c3ccc4c(c3)CCCO4)c2c1. The maximum atomic E-state index is 13.4. The standard InChI is InChI=1S/C16H13FN2O/c17-12-7-13-14(9-19-16(13)18-8-12)10-3-4-15-11(6-10)2-1-5-20-15/h3-4,6-9H,1-2,5H2,(H,18,19). The van der Waals surface area contributed by atoms with Crippen LogP contribution in [0.1, 0.15) is 12.0 Å². The van der Waals surface area contributed by atoms with Crippen molar-refractivity contribution in [3.8, 4) is 16.9 Å². The van der Waals surface area contributed by atoms with Crippen molar-refractivity contribution in [1.82, 2.24) is 9.97 Å². The van der Waals surface area contributed by atoms with Gasteiger partial charge in [0.15, 0.2) is 0 Å². The Hall–Kier alpha value is -2.36. The lowest BCUT2D eigenvalue weighted by atomic mass is 9.99. The fraction of sp³-hybridized carbons (Fsp3) is 0.188. The Bertz CT molecular complexity index is 794. The summed E-state index contributed by atoms with van der Waals surface area (Å²) >= 11 is 0. The molecule has 3 nitrogen and oxygen atoms in total. The van der Waals surface area contributed by atoms with Crippen molar-refractivity contribution in [3.05, 3.63) is 48.0 Å². The molecule has 0 radical (unpaired) electrons. The molecule has 100 valence electrons. The minimum Gasteiger partial charge on any atom is -0.493 e. The van der Waals surface area contributed by atoms with Gasteiger partial charge < -0.3 is 9.72 Å². The zero-order valence-corrected chi connectivity index (χ0v) is 10.8. The minimum absolute atomic E-state index is 0.320. The second kappa shape index (κ2) is 4.34. The second-order valence-electron chi connectivity index (χ2n) is 5.03. The van der Waals surface area contributed by atoms with Crippen LogP contribution < -0.4 is 4.74 Å². The van der Waals surface area contributed by atoms with Crippen molar-refractivity contribution in [2.75, 3.05) is 6.61 Å². The Morgan fingerprint density at radius 2 is 2.20 bits per heavy atom. The Balaban J connectivity index is 1.88. The first-order valence-corrected chi connectivity index (χ1v) is 6.70. The van der Waals surface area contributed by atoms with Crippen LogP contribution in [0.5, 0.6) is 5.75 Å². The number of pyridine rings is 1. The van der Waals surface area contributed by atoms with Gasteiger partial charge in [-0.1, -0.05) is 6.07 Å². The predicted octanol–water partition coefficient (Wildman–Crippen LogP) is 3.69. The molecule has 3 heterocycles. The Labute approximate surface area is 115 Å². The number of aromatic nitrogens is 2. The lowest BCUT2D eigenvalue weighted by Crippen LogP contribution is -2.07. The van der Waals surface area contributed by atoms with Gasteiger partial charge in [0.2, 0.25) is 0 Å². The number of hydrogen-bond acceptors (Lipinski definition) is 2. The number of rotatable bonds is 1. The topological polar surface area (TPSA) is 37.9 Å². The quantitative estimate of drug-likeness (QED) is 0.730. The zero-order chi connectivity index (χ0) is 13.5. The first kappa shape index (κ1) is 11.5. The van der Waals surface area contributed by atoms with Crippen molar-refractivity contribution in [2.24, 2.45) is 0 Å². The molecule has 0 amide bonds. The highest BCUT2D eigenvalue weighted by Crippen LogP contribution is 2.33. The van der Waals surface area contributed by atoms with Gasteiger partial charge in [-0.3, -0.25) is 0 Å². The molecule has 0 aliphatic carbocycles. The highest BCUT2D eigenvalue weighted by atomic mass is 19.1. The van der Waals surface area contributed by atoms with Crippen LogP contribution in [0, 0.1) is 5.82 Å². The number of ether oxygens (including phenoxy) is 1. The molecule has 1 aromatic carbocycles. The van der Waals surface area contributed by atoms with E-state index < -0.39 is 0 Å². The summed E-state index contributed by atoms with van der Waals surface area (Å²) < 4.78 is 19.0. The third kappa shape index (κ3) is 1.76. The van der Waals surface area contributed by atoms with Gasteiger partial charge in [0.1, 0.15) is 17.2 Å². The molecular formula is C16H13FN2O. The number of aryl methyl sites for hydroxylation is 1. The van der Waals surface area contributed by atoms with Gasteiger partial charge in [-0.15, -0.1) is 0 Å². The van der Waals surface area contributed by atoms with Gasteiger partial charge >= 0.3 is 0 Å². The fourth-order valence-electron chi connectivity index (χ4n) is 2.74. The molecule has 0 saturated carbocycles. The van der Waals surface area contributed by atoms with Gasteiger partial charge in [-0.2, -0.15) is 0 Å². The molecule has 3 aromatic rings. The summed E-state index contributed by atoms with van der Waals surface area (Å²) in [7, 11) is 0. The summed E-state index contributed by atoms with van der Waals surface area (Å²) in [4.78, 5) is 7.14. The average molecular weight is 268 g/mol.